The molecule has 3 rings (SSSR count). The van der Waals surface area contributed by atoms with E-state index in [-0.39, 0.29) is 5.91 Å². The molecule has 0 radical (unpaired) electrons. The number of nitrogens with zero attached hydrogens (tertiary/aromatic N) is 3. The molecular formula is C17H28N4O. The normalized spacial score (nSPS) is 23.8. The highest BCUT2D eigenvalue weighted by atomic mass is 16.2. The predicted molar refractivity (Wildman–Crippen MR) is 86.8 cm³/mol. The minimum atomic E-state index is 0.0812. The first-order valence-electron chi connectivity index (χ1n) is 8.59. The first-order chi connectivity index (χ1) is 10.6. The molecule has 2 fully saturated rings. The summed E-state index contributed by atoms with van der Waals surface area (Å²) in [7, 11) is 0. The summed E-state index contributed by atoms with van der Waals surface area (Å²) < 4.78 is 0. The second kappa shape index (κ2) is 6.41. The molecule has 22 heavy (non-hydrogen) atoms. The van der Waals surface area contributed by atoms with E-state index in [1.54, 1.807) is 6.33 Å². The Morgan fingerprint density at radius 3 is 2.77 bits per heavy atom. The lowest BCUT2D eigenvalue weighted by atomic mass is 10.0. The molecule has 5 nitrogen and oxygen atoms in total. The van der Waals surface area contributed by atoms with Gasteiger partial charge in [0.1, 0.15) is 5.69 Å². The summed E-state index contributed by atoms with van der Waals surface area (Å²) in [5.74, 6) is 1.54. The van der Waals surface area contributed by atoms with Gasteiger partial charge in [0.05, 0.1) is 6.33 Å². The van der Waals surface area contributed by atoms with E-state index in [1.165, 1.54) is 19.4 Å². The lowest BCUT2D eigenvalue weighted by Crippen LogP contribution is -2.46. The summed E-state index contributed by atoms with van der Waals surface area (Å²) in [5.41, 5.74) is 1.45. The minimum absolute atomic E-state index is 0.0812. The Morgan fingerprint density at radius 2 is 2.18 bits per heavy atom. The number of nitrogens with one attached hydrogen (secondary N) is 1. The van der Waals surface area contributed by atoms with Crippen molar-refractivity contribution in [2.45, 2.75) is 46.1 Å². The molecule has 2 aliphatic rings. The zero-order valence-corrected chi connectivity index (χ0v) is 14.0. The molecule has 1 unspecified atom stereocenters. The molecule has 0 bridgehead atoms. The highest BCUT2D eigenvalue weighted by Crippen LogP contribution is 2.32. The van der Waals surface area contributed by atoms with Crippen LogP contribution in [0.5, 0.6) is 0 Å². The molecule has 0 spiro atoms. The fraction of sp³-hybridized carbons (Fsp3) is 0.765. The smallest absolute Gasteiger partial charge is 0.274 e. The van der Waals surface area contributed by atoms with E-state index in [0.29, 0.717) is 17.7 Å². The molecule has 1 aliphatic carbocycles. The maximum atomic E-state index is 12.8. The van der Waals surface area contributed by atoms with Crippen LogP contribution in [-0.4, -0.2) is 57.9 Å². The van der Waals surface area contributed by atoms with Gasteiger partial charge in [0.15, 0.2) is 0 Å². The molecule has 1 N–H and O–H groups in total. The van der Waals surface area contributed by atoms with Gasteiger partial charge < -0.3 is 9.88 Å². The SMILES string of the molecule is Cc1[nH]cnc1C(=O)N1CCCN(CC2CC2)C(C(C)C)C1. The molecule has 1 aliphatic heterocycles. The number of carbonyl (C=O) groups excluding carboxylic acids is 1. The summed E-state index contributed by atoms with van der Waals surface area (Å²) in [6, 6.07) is 0.464. The van der Waals surface area contributed by atoms with E-state index in [9.17, 15) is 4.79 Å². The van der Waals surface area contributed by atoms with Crippen LogP contribution in [0.3, 0.4) is 0 Å². The van der Waals surface area contributed by atoms with Crippen molar-refractivity contribution in [3.63, 3.8) is 0 Å². The van der Waals surface area contributed by atoms with Gasteiger partial charge in [0.2, 0.25) is 0 Å². The van der Waals surface area contributed by atoms with Crippen molar-refractivity contribution in [2.75, 3.05) is 26.2 Å². The number of rotatable bonds is 4. The van der Waals surface area contributed by atoms with Gasteiger partial charge in [-0.15, -0.1) is 0 Å². The number of hydrogen-bond donors (Lipinski definition) is 1. The van der Waals surface area contributed by atoms with Crippen LogP contribution in [0.25, 0.3) is 0 Å². The van der Waals surface area contributed by atoms with Gasteiger partial charge in [0, 0.05) is 37.9 Å². The summed E-state index contributed by atoms with van der Waals surface area (Å²) >= 11 is 0. The van der Waals surface area contributed by atoms with Gasteiger partial charge in [-0.3, -0.25) is 9.69 Å². The Kier molecular flexibility index (Phi) is 4.52. The minimum Gasteiger partial charge on any atom is -0.348 e. The van der Waals surface area contributed by atoms with Crippen molar-refractivity contribution in [2.24, 2.45) is 11.8 Å². The Morgan fingerprint density at radius 1 is 1.41 bits per heavy atom. The van der Waals surface area contributed by atoms with Gasteiger partial charge in [-0.2, -0.15) is 0 Å². The maximum Gasteiger partial charge on any atom is 0.274 e. The summed E-state index contributed by atoms with van der Waals surface area (Å²) in [6.07, 6.45) is 5.44. The van der Waals surface area contributed by atoms with E-state index in [1.807, 2.05) is 11.8 Å². The molecule has 0 aromatic carbocycles. The van der Waals surface area contributed by atoms with Crippen LogP contribution in [-0.2, 0) is 0 Å². The van der Waals surface area contributed by atoms with Gasteiger partial charge in [-0.05, 0) is 38.0 Å². The third-order valence-electron chi connectivity index (χ3n) is 5.03. The molecule has 1 aromatic rings. The van der Waals surface area contributed by atoms with Crippen molar-refractivity contribution in [3.05, 3.63) is 17.7 Å². The Bertz CT molecular complexity index is 520. The highest BCUT2D eigenvalue weighted by molar-refractivity contribution is 5.93. The molecule has 1 amide bonds. The fourth-order valence-corrected chi connectivity index (χ4v) is 3.46. The number of H-pyrrole nitrogens is 1. The maximum absolute atomic E-state index is 12.8. The van der Waals surface area contributed by atoms with Crippen LogP contribution >= 0.6 is 0 Å². The fourth-order valence-electron chi connectivity index (χ4n) is 3.46. The van der Waals surface area contributed by atoms with Crippen LogP contribution < -0.4 is 0 Å². The van der Waals surface area contributed by atoms with E-state index >= 15 is 0 Å². The van der Waals surface area contributed by atoms with Gasteiger partial charge in [-0.1, -0.05) is 13.8 Å². The molecule has 1 aromatic heterocycles. The Labute approximate surface area is 133 Å². The number of aromatic amines is 1. The van der Waals surface area contributed by atoms with Crippen molar-refractivity contribution in [1.82, 2.24) is 19.8 Å². The van der Waals surface area contributed by atoms with Gasteiger partial charge >= 0.3 is 0 Å². The quantitative estimate of drug-likeness (QED) is 0.928. The largest absolute Gasteiger partial charge is 0.348 e. The average molecular weight is 304 g/mol. The average Bonchev–Trinajstić information content (AvgIpc) is 3.23. The summed E-state index contributed by atoms with van der Waals surface area (Å²) in [4.78, 5) is 24.6. The Balaban J connectivity index is 1.73. The van der Waals surface area contributed by atoms with E-state index in [4.69, 9.17) is 0 Å². The second-order valence-electron chi connectivity index (χ2n) is 7.23. The molecular weight excluding hydrogens is 276 g/mol. The summed E-state index contributed by atoms with van der Waals surface area (Å²) in [6.45, 7) is 10.5. The van der Waals surface area contributed by atoms with E-state index in [0.717, 1.165) is 37.7 Å². The molecule has 1 atom stereocenters. The lowest BCUT2D eigenvalue weighted by molar-refractivity contribution is 0.0698. The van der Waals surface area contributed by atoms with Gasteiger partial charge in [-0.25, -0.2) is 4.98 Å². The Hall–Kier alpha value is -1.36. The van der Waals surface area contributed by atoms with E-state index < -0.39 is 0 Å². The van der Waals surface area contributed by atoms with Crippen LogP contribution in [0.4, 0.5) is 0 Å². The van der Waals surface area contributed by atoms with Crippen LogP contribution in [0.15, 0.2) is 6.33 Å². The monoisotopic (exact) mass is 304 g/mol. The molecule has 122 valence electrons. The third kappa shape index (κ3) is 3.35. The van der Waals surface area contributed by atoms with Crippen molar-refractivity contribution in [1.29, 1.82) is 0 Å². The van der Waals surface area contributed by atoms with Crippen LogP contribution in [0.2, 0.25) is 0 Å². The van der Waals surface area contributed by atoms with Gasteiger partial charge in [0.25, 0.3) is 5.91 Å². The standard InChI is InChI=1S/C17H28N4O/c1-12(2)15-10-21(17(22)16-13(3)18-11-19-16)8-4-7-20(15)9-14-5-6-14/h11-12,14-15H,4-10H2,1-3H3,(H,18,19). The molecule has 1 saturated carbocycles. The van der Waals surface area contributed by atoms with Crippen molar-refractivity contribution >= 4 is 5.91 Å². The van der Waals surface area contributed by atoms with Crippen LogP contribution in [0.1, 0.15) is 49.3 Å². The first-order valence-corrected chi connectivity index (χ1v) is 8.59. The zero-order valence-electron chi connectivity index (χ0n) is 14.0. The second-order valence-corrected chi connectivity index (χ2v) is 7.23. The number of carbonyl (C=O) groups is 1. The predicted octanol–water partition coefficient (Wildman–Crippen LogP) is 2.30. The molecule has 5 heteroatoms. The van der Waals surface area contributed by atoms with E-state index in [2.05, 4.69) is 28.7 Å². The molecule has 2 heterocycles. The number of aromatic nitrogens is 2. The first kappa shape index (κ1) is 15.5. The number of amides is 1. The number of aryl methyl sites for hydroxylation is 1. The molecule has 1 saturated heterocycles. The number of imidazole rings is 1. The zero-order chi connectivity index (χ0) is 15.7. The third-order valence-corrected chi connectivity index (χ3v) is 5.03. The summed E-state index contributed by atoms with van der Waals surface area (Å²) in [5, 5.41) is 0. The topological polar surface area (TPSA) is 52.2 Å². The number of hydrogen-bond acceptors (Lipinski definition) is 3. The van der Waals surface area contributed by atoms with Crippen molar-refractivity contribution in [3.8, 4) is 0 Å². The highest BCUT2D eigenvalue weighted by Gasteiger charge is 2.34. The van der Waals surface area contributed by atoms with Crippen molar-refractivity contribution < 1.29 is 4.79 Å². The van der Waals surface area contributed by atoms with Crippen LogP contribution in [0, 0.1) is 18.8 Å². The lowest BCUT2D eigenvalue weighted by Gasteiger charge is -2.34.